The lowest BCUT2D eigenvalue weighted by atomic mass is 9.98. The number of piperidine rings is 1. The van der Waals surface area contributed by atoms with Crippen LogP contribution >= 0.6 is 11.6 Å². The van der Waals surface area contributed by atoms with Gasteiger partial charge in [0.05, 0.1) is 5.38 Å². The van der Waals surface area contributed by atoms with E-state index in [9.17, 15) is 9.90 Å². The van der Waals surface area contributed by atoms with Gasteiger partial charge in [-0.05, 0) is 30.5 Å². The van der Waals surface area contributed by atoms with E-state index in [1.165, 1.54) is 6.07 Å². The summed E-state index contributed by atoms with van der Waals surface area (Å²) in [6.07, 6.45) is 0.929. The van der Waals surface area contributed by atoms with Crippen LogP contribution in [0.25, 0.3) is 0 Å². The molecular weight excluding hydrogens is 238 g/mol. The minimum Gasteiger partial charge on any atom is -0.508 e. The largest absolute Gasteiger partial charge is 0.508 e. The molecule has 1 saturated heterocycles. The van der Waals surface area contributed by atoms with Crippen molar-refractivity contribution in [3.63, 3.8) is 0 Å². The van der Waals surface area contributed by atoms with Crippen LogP contribution in [0.4, 0.5) is 0 Å². The van der Waals surface area contributed by atoms with Crippen LogP contribution in [-0.4, -0.2) is 34.4 Å². The van der Waals surface area contributed by atoms with Gasteiger partial charge in [0.25, 0.3) is 5.91 Å². The Balaban J connectivity index is 2.10. The van der Waals surface area contributed by atoms with Crippen molar-refractivity contribution < 1.29 is 9.90 Å². The highest BCUT2D eigenvalue weighted by atomic mass is 35.5. The highest BCUT2D eigenvalue weighted by molar-refractivity contribution is 6.21. The third kappa shape index (κ3) is 2.72. The molecule has 3 nitrogen and oxygen atoms in total. The quantitative estimate of drug-likeness (QED) is 0.782. The van der Waals surface area contributed by atoms with Crippen molar-refractivity contribution in [3.8, 4) is 5.75 Å². The lowest BCUT2D eigenvalue weighted by Crippen LogP contribution is -2.43. The lowest BCUT2D eigenvalue weighted by Gasteiger charge is -2.34. The number of alkyl halides is 1. The number of carbonyl (C=O) groups excluding carboxylic acids is 1. The molecule has 0 saturated carbocycles. The third-order valence-corrected chi connectivity index (χ3v) is 3.82. The van der Waals surface area contributed by atoms with Crippen LogP contribution in [0.5, 0.6) is 5.75 Å². The van der Waals surface area contributed by atoms with E-state index >= 15 is 0 Å². The molecule has 0 radical (unpaired) electrons. The van der Waals surface area contributed by atoms with Crippen molar-refractivity contribution in [2.24, 2.45) is 5.92 Å². The predicted octanol–water partition coefficient (Wildman–Crippen LogP) is 2.48. The Morgan fingerprint density at radius 3 is 2.94 bits per heavy atom. The molecule has 1 aliphatic rings. The Morgan fingerprint density at radius 1 is 1.53 bits per heavy atom. The van der Waals surface area contributed by atoms with Gasteiger partial charge in [0.2, 0.25) is 0 Å². The Hall–Kier alpha value is -1.22. The first-order valence-electron chi connectivity index (χ1n) is 5.80. The first-order chi connectivity index (χ1) is 8.08. The second-order valence-electron chi connectivity index (χ2n) is 4.58. The van der Waals surface area contributed by atoms with Crippen LogP contribution < -0.4 is 0 Å². The molecule has 1 fully saturated rings. The molecule has 2 atom stereocenters. The van der Waals surface area contributed by atoms with Crippen molar-refractivity contribution in [2.45, 2.75) is 18.7 Å². The summed E-state index contributed by atoms with van der Waals surface area (Å²) in [6.45, 7) is 3.42. The van der Waals surface area contributed by atoms with Gasteiger partial charge in [-0.1, -0.05) is 13.0 Å². The van der Waals surface area contributed by atoms with Crippen LogP contribution in [0.2, 0.25) is 0 Å². The number of carbonyl (C=O) groups is 1. The minimum absolute atomic E-state index is 0.0185. The predicted molar refractivity (Wildman–Crippen MR) is 67.4 cm³/mol. The number of halogens is 1. The van der Waals surface area contributed by atoms with Crippen LogP contribution in [0, 0.1) is 5.92 Å². The molecule has 1 aromatic carbocycles. The summed E-state index contributed by atoms with van der Waals surface area (Å²) in [7, 11) is 0. The zero-order chi connectivity index (χ0) is 12.4. The summed E-state index contributed by atoms with van der Waals surface area (Å²) >= 11 is 6.18. The van der Waals surface area contributed by atoms with Gasteiger partial charge in [-0.25, -0.2) is 0 Å². The molecule has 0 aromatic heterocycles. The minimum atomic E-state index is -0.0570. The maximum atomic E-state index is 12.2. The Kier molecular flexibility index (Phi) is 3.57. The topological polar surface area (TPSA) is 40.5 Å². The zero-order valence-electron chi connectivity index (χ0n) is 9.77. The summed E-state index contributed by atoms with van der Waals surface area (Å²) < 4.78 is 0. The van der Waals surface area contributed by atoms with Gasteiger partial charge in [0.1, 0.15) is 5.75 Å². The van der Waals surface area contributed by atoms with Gasteiger partial charge < -0.3 is 10.0 Å². The monoisotopic (exact) mass is 253 g/mol. The summed E-state index contributed by atoms with van der Waals surface area (Å²) in [4.78, 5) is 13.9. The molecule has 1 aliphatic heterocycles. The third-order valence-electron chi connectivity index (χ3n) is 3.25. The number of phenols is 1. The highest BCUT2D eigenvalue weighted by Crippen LogP contribution is 2.23. The fourth-order valence-corrected chi connectivity index (χ4v) is 2.32. The maximum Gasteiger partial charge on any atom is 0.254 e. The maximum absolute atomic E-state index is 12.2. The molecule has 1 N–H and O–H groups in total. The van der Waals surface area contributed by atoms with Crippen molar-refractivity contribution in [1.82, 2.24) is 4.90 Å². The molecule has 0 bridgehead atoms. The Morgan fingerprint density at radius 2 is 2.29 bits per heavy atom. The molecule has 1 amide bonds. The van der Waals surface area contributed by atoms with E-state index in [-0.39, 0.29) is 17.0 Å². The summed E-state index contributed by atoms with van der Waals surface area (Å²) in [5.74, 6) is 0.506. The highest BCUT2D eigenvalue weighted by Gasteiger charge is 2.27. The molecular formula is C13H16ClNO2. The van der Waals surface area contributed by atoms with Crippen LogP contribution in [0.15, 0.2) is 24.3 Å². The molecule has 2 unspecified atom stereocenters. The van der Waals surface area contributed by atoms with E-state index < -0.39 is 0 Å². The number of rotatable bonds is 1. The lowest BCUT2D eigenvalue weighted by molar-refractivity contribution is 0.0701. The van der Waals surface area contributed by atoms with E-state index in [4.69, 9.17) is 11.6 Å². The van der Waals surface area contributed by atoms with Crippen molar-refractivity contribution in [2.75, 3.05) is 13.1 Å². The van der Waals surface area contributed by atoms with Gasteiger partial charge in [-0.15, -0.1) is 11.6 Å². The summed E-state index contributed by atoms with van der Waals surface area (Å²) in [5.41, 5.74) is 0.517. The fourth-order valence-electron chi connectivity index (χ4n) is 2.03. The zero-order valence-corrected chi connectivity index (χ0v) is 10.5. The molecule has 1 heterocycles. The Labute approximate surface area is 106 Å². The fraction of sp³-hybridized carbons (Fsp3) is 0.462. The average Bonchev–Trinajstić information content (AvgIpc) is 2.32. The molecule has 4 heteroatoms. The number of hydrogen-bond donors (Lipinski definition) is 1. The first-order valence-corrected chi connectivity index (χ1v) is 6.24. The number of phenolic OH excluding ortho intramolecular Hbond substituents is 1. The number of aromatic hydroxyl groups is 1. The molecule has 92 valence electrons. The number of amides is 1. The van der Waals surface area contributed by atoms with E-state index in [0.717, 1.165) is 13.0 Å². The van der Waals surface area contributed by atoms with Crippen molar-refractivity contribution >= 4 is 17.5 Å². The van der Waals surface area contributed by atoms with Gasteiger partial charge in [-0.2, -0.15) is 0 Å². The number of likely N-dealkylation sites (tertiary alicyclic amines) is 1. The van der Waals surface area contributed by atoms with Crippen molar-refractivity contribution in [3.05, 3.63) is 29.8 Å². The molecule has 0 spiro atoms. The summed E-state index contributed by atoms with van der Waals surface area (Å²) in [6, 6.07) is 6.43. The SMILES string of the molecule is CC1CCN(C(=O)c2cccc(O)c2)CC1Cl. The van der Waals surface area contributed by atoms with Gasteiger partial charge in [0.15, 0.2) is 0 Å². The number of nitrogens with zero attached hydrogens (tertiary/aromatic N) is 1. The van der Waals surface area contributed by atoms with Gasteiger partial charge >= 0.3 is 0 Å². The molecule has 0 aliphatic carbocycles. The van der Waals surface area contributed by atoms with E-state index in [2.05, 4.69) is 6.92 Å². The van der Waals surface area contributed by atoms with E-state index in [1.807, 2.05) is 0 Å². The van der Waals surface area contributed by atoms with Gasteiger partial charge in [-0.3, -0.25) is 4.79 Å². The second-order valence-corrected chi connectivity index (χ2v) is 5.14. The first kappa shape index (κ1) is 12.2. The van der Waals surface area contributed by atoms with Crippen LogP contribution in [0.3, 0.4) is 0 Å². The van der Waals surface area contributed by atoms with E-state index in [0.29, 0.717) is 18.0 Å². The van der Waals surface area contributed by atoms with E-state index in [1.54, 1.807) is 23.1 Å². The van der Waals surface area contributed by atoms with Gasteiger partial charge in [0, 0.05) is 18.7 Å². The van der Waals surface area contributed by atoms with Crippen molar-refractivity contribution in [1.29, 1.82) is 0 Å². The summed E-state index contributed by atoms with van der Waals surface area (Å²) in [5, 5.41) is 9.38. The Bertz CT molecular complexity index is 422. The molecule has 17 heavy (non-hydrogen) atoms. The van der Waals surface area contributed by atoms with Crippen LogP contribution in [-0.2, 0) is 0 Å². The molecule has 2 rings (SSSR count). The smallest absolute Gasteiger partial charge is 0.254 e. The standard InChI is InChI=1S/C13H16ClNO2/c1-9-5-6-15(8-12(9)14)13(17)10-3-2-4-11(16)7-10/h2-4,7,9,12,16H,5-6,8H2,1H3. The number of benzene rings is 1. The van der Waals surface area contributed by atoms with Crippen LogP contribution in [0.1, 0.15) is 23.7 Å². The molecule has 1 aromatic rings. The normalized spacial score (nSPS) is 24.7. The second kappa shape index (κ2) is 4.96. The average molecular weight is 254 g/mol. The number of hydrogen-bond acceptors (Lipinski definition) is 2.